The van der Waals surface area contributed by atoms with E-state index in [-0.39, 0.29) is 27.9 Å². The average molecular weight is 420 g/mol. The van der Waals surface area contributed by atoms with Crippen LogP contribution in [0.5, 0.6) is 5.75 Å². The highest BCUT2D eigenvalue weighted by atomic mass is 32.2. The topological polar surface area (TPSA) is 121 Å². The number of ether oxygens (including phenoxy) is 1. The lowest BCUT2D eigenvalue weighted by molar-refractivity contribution is 0.0844. The molecule has 0 unspecified atom stereocenters. The Morgan fingerprint density at radius 1 is 1.17 bits per heavy atom. The second kappa shape index (κ2) is 8.66. The van der Waals surface area contributed by atoms with E-state index in [1.165, 1.54) is 29.6 Å². The molecule has 1 fully saturated rings. The summed E-state index contributed by atoms with van der Waals surface area (Å²) in [5, 5.41) is 0. The summed E-state index contributed by atoms with van der Waals surface area (Å²) in [6.45, 7) is 2.30. The van der Waals surface area contributed by atoms with Crippen LogP contribution in [-0.2, 0) is 10.0 Å². The third-order valence-electron chi connectivity index (χ3n) is 4.89. The number of benzene rings is 1. The number of carbonyl (C=O) groups excluding carboxylic acids is 2. The van der Waals surface area contributed by atoms with Crippen LogP contribution in [0.3, 0.4) is 0 Å². The number of aromatic amines is 1. The van der Waals surface area contributed by atoms with Crippen LogP contribution in [0.2, 0.25) is 0 Å². The van der Waals surface area contributed by atoms with Crippen molar-refractivity contribution >= 4 is 21.8 Å². The predicted molar refractivity (Wildman–Crippen MR) is 106 cm³/mol. The van der Waals surface area contributed by atoms with Crippen LogP contribution >= 0.6 is 0 Å². The van der Waals surface area contributed by atoms with E-state index in [1.807, 2.05) is 6.92 Å². The molecule has 1 atom stereocenters. The molecule has 2 heterocycles. The van der Waals surface area contributed by atoms with E-state index >= 15 is 0 Å². The number of hydrogen-bond donors (Lipinski definition) is 3. The Kier molecular flexibility index (Phi) is 6.23. The minimum Gasteiger partial charge on any atom is -0.495 e. The van der Waals surface area contributed by atoms with Gasteiger partial charge in [-0.25, -0.2) is 8.42 Å². The molecule has 1 aliphatic heterocycles. The van der Waals surface area contributed by atoms with Gasteiger partial charge >= 0.3 is 0 Å². The smallest absolute Gasteiger partial charge is 0.286 e. The molecule has 156 valence electrons. The van der Waals surface area contributed by atoms with Crippen molar-refractivity contribution < 1.29 is 22.7 Å². The van der Waals surface area contributed by atoms with Gasteiger partial charge in [-0.3, -0.25) is 20.4 Å². The monoisotopic (exact) mass is 420 g/mol. The van der Waals surface area contributed by atoms with E-state index in [0.29, 0.717) is 6.54 Å². The highest BCUT2D eigenvalue weighted by Gasteiger charge is 2.33. The number of hydrazine groups is 1. The summed E-state index contributed by atoms with van der Waals surface area (Å²) in [5.41, 5.74) is 4.93. The van der Waals surface area contributed by atoms with Crippen molar-refractivity contribution in [2.75, 3.05) is 13.7 Å². The minimum absolute atomic E-state index is 0.0721. The maximum atomic E-state index is 13.2. The van der Waals surface area contributed by atoms with Gasteiger partial charge in [0.1, 0.15) is 16.3 Å². The first kappa shape index (κ1) is 20.9. The fourth-order valence-electron chi connectivity index (χ4n) is 3.30. The van der Waals surface area contributed by atoms with Crippen LogP contribution in [0.25, 0.3) is 0 Å². The molecule has 1 aromatic carbocycles. The minimum atomic E-state index is -3.84. The number of piperidine rings is 1. The van der Waals surface area contributed by atoms with Gasteiger partial charge < -0.3 is 9.72 Å². The fraction of sp³-hybridized carbons (Fsp3) is 0.368. The molecule has 1 aromatic heterocycles. The molecule has 1 aliphatic rings. The molecule has 0 aliphatic carbocycles. The molecule has 29 heavy (non-hydrogen) atoms. The van der Waals surface area contributed by atoms with Crippen molar-refractivity contribution in [3.8, 4) is 5.75 Å². The Labute approximate surface area is 169 Å². The first-order valence-corrected chi connectivity index (χ1v) is 10.7. The zero-order valence-corrected chi connectivity index (χ0v) is 17.1. The molecule has 2 amide bonds. The number of amides is 2. The summed E-state index contributed by atoms with van der Waals surface area (Å²) in [6.07, 6.45) is 4.13. The van der Waals surface area contributed by atoms with Gasteiger partial charge in [-0.15, -0.1) is 0 Å². The maximum absolute atomic E-state index is 13.2. The van der Waals surface area contributed by atoms with Crippen molar-refractivity contribution in [3.05, 3.63) is 47.8 Å². The number of methoxy groups -OCH3 is 1. The van der Waals surface area contributed by atoms with Gasteiger partial charge in [-0.05, 0) is 50.1 Å². The number of sulfonamides is 1. The van der Waals surface area contributed by atoms with Gasteiger partial charge in [0.05, 0.1) is 7.11 Å². The summed E-state index contributed by atoms with van der Waals surface area (Å²) in [5.74, 6) is -1.00. The van der Waals surface area contributed by atoms with Crippen LogP contribution < -0.4 is 15.6 Å². The zero-order chi connectivity index (χ0) is 21.0. The van der Waals surface area contributed by atoms with Crippen LogP contribution in [0, 0.1) is 0 Å². The van der Waals surface area contributed by atoms with E-state index in [2.05, 4.69) is 15.8 Å². The second-order valence-corrected chi connectivity index (χ2v) is 8.68. The second-order valence-electron chi connectivity index (χ2n) is 6.82. The SMILES string of the molecule is COc1ccc(C(=O)NNC(=O)c2ccc[nH]2)cc1S(=O)(=O)N1CCCC[C@H]1C. The van der Waals surface area contributed by atoms with Crippen molar-refractivity contribution in [3.63, 3.8) is 0 Å². The molecule has 3 rings (SSSR count). The first-order chi connectivity index (χ1) is 13.8. The number of hydrogen-bond acceptors (Lipinski definition) is 5. The zero-order valence-electron chi connectivity index (χ0n) is 16.3. The highest BCUT2D eigenvalue weighted by Crippen LogP contribution is 2.31. The quantitative estimate of drug-likeness (QED) is 0.636. The van der Waals surface area contributed by atoms with Gasteiger partial charge in [-0.1, -0.05) is 6.42 Å². The van der Waals surface area contributed by atoms with Crippen LogP contribution in [0.15, 0.2) is 41.4 Å². The number of nitrogens with zero attached hydrogens (tertiary/aromatic N) is 1. The molecule has 0 radical (unpaired) electrons. The fourth-order valence-corrected chi connectivity index (χ4v) is 5.18. The summed E-state index contributed by atoms with van der Waals surface area (Å²) < 4.78 is 33.1. The van der Waals surface area contributed by atoms with Gasteiger partial charge in [0.2, 0.25) is 10.0 Å². The number of carbonyl (C=O) groups is 2. The highest BCUT2D eigenvalue weighted by molar-refractivity contribution is 7.89. The number of aromatic nitrogens is 1. The Morgan fingerprint density at radius 3 is 2.59 bits per heavy atom. The number of nitrogens with one attached hydrogen (secondary N) is 3. The largest absolute Gasteiger partial charge is 0.495 e. The van der Waals surface area contributed by atoms with Gasteiger partial charge in [-0.2, -0.15) is 4.31 Å². The van der Waals surface area contributed by atoms with Gasteiger partial charge in [0.15, 0.2) is 0 Å². The lowest BCUT2D eigenvalue weighted by Gasteiger charge is -2.32. The number of rotatable bonds is 5. The lowest BCUT2D eigenvalue weighted by atomic mass is 10.1. The normalized spacial score (nSPS) is 17.5. The Balaban J connectivity index is 1.82. The van der Waals surface area contributed by atoms with Crippen molar-refractivity contribution in [2.45, 2.75) is 37.1 Å². The predicted octanol–water partition coefficient (Wildman–Crippen LogP) is 1.66. The molecule has 2 aromatic rings. The standard InChI is InChI=1S/C19H24N4O5S/c1-13-6-3-4-11-23(13)29(26,27)17-12-14(8-9-16(17)28-2)18(24)21-22-19(25)15-7-5-10-20-15/h5,7-10,12-13,20H,3-4,6,11H2,1-2H3,(H,21,24)(H,22,25)/t13-/m1/s1. The third-order valence-corrected chi connectivity index (χ3v) is 6.92. The molecule has 3 N–H and O–H groups in total. The maximum Gasteiger partial charge on any atom is 0.286 e. The molecule has 1 saturated heterocycles. The molecule has 0 spiro atoms. The molecule has 0 bridgehead atoms. The van der Waals surface area contributed by atoms with Crippen molar-refractivity contribution in [2.24, 2.45) is 0 Å². The van der Waals surface area contributed by atoms with Crippen molar-refractivity contribution in [1.82, 2.24) is 20.1 Å². The first-order valence-electron chi connectivity index (χ1n) is 9.28. The molecular formula is C19H24N4O5S. The summed E-state index contributed by atoms with van der Waals surface area (Å²) in [7, 11) is -2.46. The summed E-state index contributed by atoms with van der Waals surface area (Å²) >= 11 is 0. The van der Waals surface area contributed by atoms with Gasteiger partial charge in [0, 0.05) is 24.3 Å². The van der Waals surface area contributed by atoms with Gasteiger partial charge in [0.25, 0.3) is 11.8 Å². The molecule has 0 saturated carbocycles. The summed E-state index contributed by atoms with van der Waals surface area (Å²) in [4.78, 5) is 27.0. The Hall–Kier alpha value is -2.85. The molecule has 9 nitrogen and oxygen atoms in total. The number of H-pyrrole nitrogens is 1. The van der Waals surface area contributed by atoms with Crippen molar-refractivity contribution in [1.29, 1.82) is 0 Å². The van der Waals surface area contributed by atoms with E-state index in [0.717, 1.165) is 19.3 Å². The van der Waals surface area contributed by atoms with E-state index in [9.17, 15) is 18.0 Å². The van der Waals surface area contributed by atoms with Crippen LogP contribution in [-0.4, -0.2) is 49.2 Å². The van der Waals surface area contributed by atoms with E-state index < -0.39 is 21.8 Å². The third kappa shape index (κ3) is 4.43. The Morgan fingerprint density at radius 2 is 1.93 bits per heavy atom. The van der Waals surface area contributed by atoms with E-state index in [1.54, 1.807) is 18.3 Å². The molecule has 10 heteroatoms. The Bertz CT molecular complexity index is 988. The van der Waals surface area contributed by atoms with E-state index in [4.69, 9.17) is 4.74 Å². The summed E-state index contributed by atoms with van der Waals surface area (Å²) in [6, 6.07) is 7.22. The average Bonchev–Trinajstić information content (AvgIpc) is 3.26. The lowest BCUT2D eigenvalue weighted by Crippen LogP contribution is -2.43. The van der Waals surface area contributed by atoms with Crippen LogP contribution in [0.1, 0.15) is 47.0 Å². The molecular weight excluding hydrogens is 396 g/mol. The van der Waals surface area contributed by atoms with Crippen LogP contribution in [0.4, 0.5) is 0 Å².